The average Bonchev–Trinajstić information content (AvgIpc) is 3.04. The van der Waals surface area contributed by atoms with Gasteiger partial charge in [0, 0.05) is 5.56 Å². The number of hydrogen-bond acceptors (Lipinski definition) is 2. The first-order valence-electron chi connectivity index (χ1n) is 7.73. The molecule has 0 aliphatic heterocycles. The molecule has 0 atom stereocenters. The topological polar surface area (TPSA) is 30.7 Å². The molecule has 0 saturated heterocycles. The molecule has 0 unspecified atom stereocenters. The molecule has 23 heavy (non-hydrogen) atoms. The summed E-state index contributed by atoms with van der Waals surface area (Å²) >= 11 is 0. The molecule has 0 aliphatic rings. The SMILES string of the molecule is C=C(c1ccc(C(C)(C)C)cc1)n1cc(-c2ccccc2)nn1. The Morgan fingerprint density at radius 2 is 1.61 bits per heavy atom. The van der Waals surface area contributed by atoms with Gasteiger partial charge in [0.15, 0.2) is 0 Å². The van der Waals surface area contributed by atoms with E-state index in [2.05, 4.69) is 61.9 Å². The Balaban J connectivity index is 1.85. The van der Waals surface area contributed by atoms with Crippen LogP contribution in [0.2, 0.25) is 0 Å². The van der Waals surface area contributed by atoms with E-state index < -0.39 is 0 Å². The van der Waals surface area contributed by atoms with Gasteiger partial charge in [-0.25, -0.2) is 4.68 Å². The molecule has 116 valence electrons. The zero-order valence-electron chi connectivity index (χ0n) is 13.8. The highest BCUT2D eigenvalue weighted by Gasteiger charge is 2.14. The largest absolute Gasteiger partial charge is 0.220 e. The lowest BCUT2D eigenvalue weighted by Gasteiger charge is -2.19. The van der Waals surface area contributed by atoms with Gasteiger partial charge in [0.05, 0.1) is 11.9 Å². The van der Waals surface area contributed by atoms with Gasteiger partial charge >= 0.3 is 0 Å². The summed E-state index contributed by atoms with van der Waals surface area (Å²) in [6.45, 7) is 10.8. The van der Waals surface area contributed by atoms with Gasteiger partial charge in [0.2, 0.25) is 0 Å². The molecule has 0 bridgehead atoms. The van der Waals surface area contributed by atoms with E-state index in [4.69, 9.17) is 0 Å². The lowest BCUT2D eigenvalue weighted by molar-refractivity contribution is 0.590. The molecule has 0 N–H and O–H groups in total. The van der Waals surface area contributed by atoms with Crippen LogP contribution in [0.25, 0.3) is 17.0 Å². The van der Waals surface area contributed by atoms with Crippen molar-refractivity contribution in [3.63, 3.8) is 0 Å². The summed E-state index contributed by atoms with van der Waals surface area (Å²) in [5.41, 5.74) is 5.21. The predicted molar refractivity (Wildman–Crippen MR) is 95.0 cm³/mol. The zero-order chi connectivity index (χ0) is 16.4. The third-order valence-corrected chi connectivity index (χ3v) is 3.92. The van der Waals surface area contributed by atoms with Gasteiger partial charge < -0.3 is 0 Å². The monoisotopic (exact) mass is 303 g/mol. The maximum atomic E-state index is 4.24. The van der Waals surface area contributed by atoms with Gasteiger partial charge in [-0.1, -0.05) is 87.2 Å². The Morgan fingerprint density at radius 1 is 0.957 bits per heavy atom. The second-order valence-electron chi connectivity index (χ2n) is 6.69. The van der Waals surface area contributed by atoms with Crippen LogP contribution in [-0.2, 0) is 5.41 Å². The molecule has 3 heteroatoms. The molecule has 3 rings (SSSR count). The van der Waals surface area contributed by atoms with Crippen LogP contribution in [0.5, 0.6) is 0 Å². The van der Waals surface area contributed by atoms with Crippen molar-refractivity contribution in [2.45, 2.75) is 26.2 Å². The lowest BCUT2D eigenvalue weighted by atomic mass is 9.86. The normalized spacial score (nSPS) is 11.4. The van der Waals surface area contributed by atoms with Gasteiger partial charge in [-0.15, -0.1) is 5.10 Å². The fourth-order valence-electron chi connectivity index (χ4n) is 2.43. The third-order valence-electron chi connectivity index (χ3n) is 3.92. The number of benzene rings is 2. The summed E-state index contributed by atoms with van der Waals surface area (Å²) in [5, 5.41) is 8.45. The van der Waals surface area contributed by atoms with Crippen LogP contribution in [0.3, 0.4) is 0 Å². The third kappa shape index (κ3) is 3.24. The van der Waals surface area contributed by atoms with Gasteiger partial charge in [0.1, 0.15) is 5.69 Å². The highest BCUT2D eigenvalue weighted by Crippen LogP contribution is 2.25. The van der Waals surface area contributed by atoms with Gasteiger partial charge in [-0.05, 0) is 16.5 Å². The standard InChI is InChI=1S/C20H21N3/c1-15(16-10-12-18(13-11-16)20(2,3)4)23-14-19(21-22-23)17-8-6-5-7-9-17/h5-14H,1H2,2-4H3. The Hall–Kier alpha value is -2.68. The molecule has 1 heterocycles. The van der Waals surface area contributed by atoms with Gasteiger partial charge in [0.25, 0.3) is 0 Å². The highest BCUT2D eigenvalue weighted by molar-refractivity contribution is 5.65. The van der Waals surface area contributed by atoms with Crippen molar-refractivity contribution in [3.8, 4) is 11.3 Å². The molecule has 0 spiro atoms. The van der Waals surface area contributed by atoms with Crippen LogP contribution in [0.4, 0.5) is 0 Å². The summed E-state index contributed by atoms with van der Waals surface area (Å²) < 4.78 is 1.73. The van der Waals surface area contributed by atoms with Crippen molar-refractivity contribution in [3.05, 3.63) is 78.5 Å². The first kappa shape index (κ1) is 15.2. The summed E-state index contributed by atoms with van der Waals surface area (Å²) in [4.78, 5) is 0. The van der Waals surface area contributed by atoms with Crippen molar-refractivity contribution in [1.82, 2.24) is 15.0 Å². The smallest absolute Gasteiger partial charge is 0.113 e. The van der Waals surface area contributed by atoms with Crippen molar-refractivity contribution < 1.29 is 0 Å². The minimum Gasteiger partial charge on any atom is -0.220 e. The summed E-state index contributed by atoms with van der Waals surface area (Å²) in [5.74, 6) is 0. The van der Waals surface area contributed by atoms with Crippen molar-refractivity contribution >= 4 is 5.70 Å². The van der Waals surface area contributed by atoms with E-state index in [1.807, 2.05) is 36.5 Å². The molecule has 0 radical (unpaired) electrons. The minimum atomic E-state index is 0.146. The molecule has 1 aromatic heterocycles. The van der Waals surface area contributed by atoms with Crippen molar-refractivity contribution in [1.29, 1.82) is 0 Å². The van der Waals surface area contributed by atoms with E-state index in [9.17, 15) is 0 Å². The number of aromatic nitrogens is 3. The molecule has 0 saturated carbocycles. The molecular weight excluding hydrogens is 282 g/mol. The molecule has 0 aliphatic carbocycles. The molecule has 2 aromatic carbocycles. The van der Waals surface area contributed by atoms with E-state index in [0.29, 0.717) is 0 Å². The highest BCUT2D eigenvalue weighted by atomic mass is 15.4. The minimum absolute atomic E-state index is 0.146. The lowest BCUT2D eigenvalue weighted by Crippen LogP contribution is -2.10. The molecule has 0 fully saturated rings. The Labute approximate surface area is 137 Å². The van der Waals surface area contributed by atoms with Crippen molar-refractivity contribution in [2.24, 2.45) is 0 Å². The van der Waals surface area contributed by atoms with Crippen LogP contribution < -0.4 is 0 Å². The molecular formula is C20H21N3. The predicted octanol–water partition coefficient (Wildman–Crippen LogP) is 4.76. The Kier molecular flexibility index (Phi) is 3.87. The number of hydrogen-bond donors (Lipinski definition) is 0. The van der Waals surface area contributed by atoms with Crippen LogP contribution in [-0.4, -0.2) is 15.0 Å². The van der Waals surface area contributed by atoms with Gasteiger partial charge in [-0.3, -0.25) is 0 Å². The Morgan fingerprint density at radius 3 is 2.22 bits per heavy atom. The van der Waals surface area contributed by atoms with Crippen molar-refractivity contribution in [2.75, 3.05) is 0 Å². The van der Waals surface area contributed by atoms with Crippen LogP contribution in [0.1, 0.15) is 31.9 Å². The first-order valence-corrected chi connectivity index (χ1v) is 7.73. The second kappa shape index (κ2) is 5.84. The van der Waals surface area contributed by atoms with E-state index in [1.54, 1.807) is 4.68 Å². The second-order valence-corrected chi connectivity index (χ2v) is 6.69. The van der Waals surface area contributed by atoms with E-state index >= 15 is 0 Å². The van der Waals surface area contributed by atoms with Crippen LogP contribution in [0.15, 0.2) is 67.4 Å². The van der Waals surface area contributed by atoms with Crippen LogP contribution in [0, 0.1) is 0 Å². The van der Waals surface area contributed by atoms with E-state index in [-0.39, 0.29) is 5.41 Å². The molecule has 0 amide bonds. The van der Waals surface area contributed by atoms with Gasteiger partial charge in [-0.2, -0.15) is 0 Å². The molecule has 3 aromatic rings. The quantitative estimate of drug-likeness (QED) is 0.698. The summed E-state index contributed by atoms with van der Waals surface area (Å²) in [6, 6.07) is 18.5. The van der Waals surface area contributed by atoms with E-state index in [0.717, 1.165) is 22.5 Å². The maximum Gasteiger partial charge on any atom is 0.113 e. The Bertz CT molecular complexity index is 806. The fraction of sp³-hybridized carbons (Fsp3) is 0.200. The summed E-state index contributed by atoms with van der Waals surface area (Å²) in [6.07, 6.45) is 1.91. The van der Waals surface area contributed by atoms with Crippen LogP contribution >= 0.6 is 0 Å². The summed E-state index contributed by atoms with van der Waals surface area (Å²) in [7, 11) is 0. The first-order chi connectivity index (χ1) is 10.9. The number of nitrogens with zero attached hydrogens (tertiary/aromatic N) is 3. The number of rotatable bonds is 3. The molecule has 3 nitrogen and oxygen atoms in total. The van der Waals surface area contributed by atoms with E-state index in [1.165, 1.54) is 5.56 Å². The average molecular weight is 303 g/mol. The zero-order valence-corrected chi connectivity index (χ0v) is 13.8. The fourth-order valence-corrected chi connectivity index (χ4v) is 2.43. The maximum absolute atomic E-state index is 4.24.